The minimum absolute atomic E-state index is 0. The molecule has 3 unspecified atom stereocenters. The number of nitrogens with zero attached hydrogens (tertiary/aromatic N) is 3. The number of ether oxygens (including phenoxy) is 3. The van der Waals surface area contributed by atoms with Gasteiger partial charge in [-0.25, -0.2) is 9.69 Å². The van der Waals surface area contributed by atoms with Crippen LogP contribution in [0.25, 0.3) is 0 Å². The summed E-state index contributed by atoms with van der Waals surface area (Å²) in [6.07, 6.45) is -0.00257. The molecule has 0 aromatic heterocycles. The van der Waals surface area contributed by atoms with Crippen LogP contribution in [0, 0.1) is 0 Å². The quantitative estimate of drug-likeness (QED) is 0.0339. The van der Waals surface area contributed by atoms with Crippen LogP contribution < -0.4 is 60.1 Å². The van der Waals surface area contributed by atoms with Gasteiger partial charge >= 0.3 is 70.3 Å². The van der Waals surface area contributed by atoms with E-state index in [-0.39, 0.29) is 72.5 Å². The molecule has 21 nitrogen and oxygen atoms in total. The summed E-state index contributed by atoms with van der Waals surface area (Å²) in [7, 11) is 0. The molecule has 7 amide bonds. The van der Waals surface area contributed by atoms with E-state index < -0.39 is 106 Å². The summed E-state index contributed by atoms with van der Waals surface area (Å²) in [6, 6.07) is -1.89. The molecule has 2 saturated heterocycles. The van der Waals surface area contributed by atoms with E-state index in [9.17, 15) is 57.6 Å². The molecule has 278 valence electrons. The Morgan fingerprint density at radius 3 is 2.21 bits per heavy atom. The number of hydrogen-bond acceptors (Lipinski definition) is 15. The average Bonchev–Trinajstić information content (AvgIpc) is 3.07. The predicted molar refractivity (Wildman–Crippen MR) is 167 cm³/mol. The molecule has 3 heterocycles. The number of imide groups is 1. The van der Waals surface area contributed by atoms with Crippen molar-refractivity contribution in [2.24, 2.45) is 0 Å². The second-order valence-electron chi connectivity index (χ2n) is 11.2. The van der Waals surface area contributed by atoms with Crippen LogP contribution in [0.4, 0.5) is 4.79 Å². The zero-order chi connectivity index (χ0) is 38.7. The van der Waals surface area contributed by atoms with Crippen LogP contribution >= 0.6 is 0 Å². The number of nitrogens with one attached hydrogen (secondary N) is 3. The molecule has 0 aliphatic carbocycles. The SMILES string of the molecule is CCN1CCN(C(=O)NC(C(=O)N[C@H]2C(=O)N3C(C(=O)[O-])=C(COC(C)=O)C[S+]([O-])C23NC=O)c2ccc(OC(C)=O)c(OC(C)=O)c2)C(=O)C1=O.[Na+]. The number of aliphatic carboxylic acids is 1. The Morgan fingerprint density at radius 2 is 1.64 bits per heavy atom. The number of piperazine rings is 1. The number of rotatable bonds is 12. The van der Waals surface area contributed by atoms with Gasteiger partial charge in [-0.3, -0.25) is 48.6 Å². The van der Waals surface area contributed by atoms with E-state index in [1.54, 1.807) is 6.92 Å². The number of β-lactam (4-membered cyclic amide) rings is 1. The van der Waals surface area contributed by atoms with Gasteiger partial charge < -0.3 is 44.2 Å². The summed E-state index contributed by atoms with van der Waals surface area (Å²) in [5.41, 5.74) is -1.39. The van der Waals surface area contributed by atoms with Crippen molar-refractivity contribution in [1.82, 2.24) is 30.7 Å². The number of amides is 7. The van der Waals surface area contributed by atoms with E-state index in [2.05, 4.69) is 16.0 Å². The third-order valence-electron chi connectivity index (χ3n) is 7.87. The zero-order valence-corrected chi connectivity index (χ0v) is 31.7. The number of urea groups is 1. The number of esters is 3. The monoisotopic (exact) mass is 770 g/mol. The van der Waals surface area contributed by atoms with Crippen LogP contribution in [0.2, 0.25) is 0 Å². The average molecular weight is 771 g/mol. The van der Waals surface area contributed by atoms with Gasteiger partial charge in [-0.2, -0.15) is 0 Å². The first kappa shape index (κ1) is 42.4. The first-order valence-corrected chi connectivity index (χ1v) is 16.5. The summed E-state index contributed by atoms with van der Waals surface area (Å²) in [5.74, 6) is -10.6. The van der Waals surface area contributed by atoms with Gasteiger partial charge in [0.05, 0.1) is 11.7 Å². The van der Waals surface area contributed by atoms with Gasteiger partial charge in [0.15, 0.2) is 11.5 Å². The van der Waals surface area contributed by atoms with Crippen LogP contribution in [0.1, 0.15) is 39.3 Å². The predicted octanol–water partition coefficient (Wildman–Crippen LogP) is -6.96. The smallest absolute Gasteiger partial charge is 0.613 e. The molecule has 4 atom stereocenters. The molecule has 2 fully saturated rings. The largest absolute Gasteiger partial charge is 1.00 e. The van der Waals surface area contributed by atoms with Crippen LogP contribution in [0.3, 0.4) is 0 Å². The molecule has 53 heavy (non-hydrogen) atoms. The minimum Gasteiger partial charge on any atom is -0.613 e. The van der Waals surface area contributed by atoms with Crippen LogP contribution in [0.15, 0.2) is 29.5 Å². The molecule has 3 aliphatic rings. The fourth-order valence-corrected chi connectivity index (χ4v) is 7.34. The van der Waals surface area contributed by atoms with Crippen LogP contribution in [0.5, 0.6) is 11.5 Å². The van der Waals surface area contributed by atoms with E-state index in [0.717, 1.165) is 39.0 Å². The zero-order valence-electron chi connectivity index (χ0n) is 28.9. The van der Waals surface area contributed by atoms with Gasteiger partial charge in [0.25, 0.3) is 5.91 Å². The molecule has 1 aromatic carbocycles. The van der Waals surface area contributed by atoms with Crippen LogP contribution in [-0.4, -0.2) is 122 Å². The Balaban J connectivity index is 0.00000756. The topological polar surface area (TPSA) is 290 Å². The summed E-state index contributed by atoms with van der Waals surface area (Å²) in [4.78, 5) is 125. The van der Waals surface area contributed by atoms with E-state index in [0.29, 0.717) is 9.80 Å². The van der Waals surface area contributed by atoms with Gasteiger partial charge in [-0.05, 0) is 24.6 Å². The Bertz CT molecular complexity index is 1810. The third-order valence-corrected chi connectivity index (χ3v) is 9.71. The van der Waals surface area contributed by atoms with E-state index >= 15 is 0 Å². The fraction of sp³-hybridized carbons (Fsp3) is 0.400. The maximum Gasteiger partial charge on any atom is 1.00 e. The molecular weight excluding hydrogens is 739 g/mol. The van der Waals surface area contributed by atoms with Gasteiger partial charge in [0.1, 0.15) is 18.4 Å². The van der Waals surface area contributed by atoms with Crippen molar-refractivity contribution in [3.05, 3.63) is 35.0 Å². The number of benzene rings is 1. The van der Waals surface area contributed by atoms with Gasteiger partial charge in [0.2, 0.25) is 18.4 Å². The maximum absolute atomic E-state index is 14.1. The van der Waals surface area contributed by atoms with E-state index in [1.165, 1.54) is 4.90 Å². The number of hydrogen-bond donors (Lipinski definition) is 3. The molecule has 23 heteroatoms. The number of carboxylic acid groups (broad SMARTS) is 1. The van der Waals surface area contributed by atoms with Crippen LogP contribution in [-0.2, 0) is 59.1 Å². The molecular formula is C30H31N6NaO15S. The Labute approximate surface area is 325 Å². The molecule has 0 bridgehead atoms. The standard InChI is InChI=1S/C30H32N6O15S.Na/c1-5-34-8-9-35(27(44)26(34)43)29(47)32-21(17-6-7-19(50-15(3)39)20(10-17)51-16(4)40)24(41)33-23-25(42)36-22(28(45)46)18(11-49-14(2)38)12-52(48)30(23,36)31-13-37;/h6-7,10,13,21,23H,5,8-9,11-12H2,1-4H3,(H,31,37)(H,32,47)(H,33,41)(H,45,46);/q;+1/p-1/t21?,23-,30?,52?;/m0./s1. The van der Waals surface area contributed by atoms with Crippen molar-refractivity contribution in [3.63, 3.8) is 0 Å². The van der Waals surface area contributed by atoms with E-state index in [4.69, 9.17) is 14.2 Å². The van der Waals surface area contributed by atoms with E-state index in [1.807, 2.05) is 0 Å². The summed E-state index contributed by atoms with van der Waals surface area (Å²) in [5, 5.41) is 18.9. The molecule has 0 saturated carbocycles. The maximum atomic E-state index is 14.1. The Kier molecular flexibility index (Phi) is 13.8. The Hall–Kier alpha value is -5.03. The molecule has 4 rings (SSSR count). The second-order valence-corrected chi connectivity index (χ2v) is 12.8. The summed E-state index contributed by atoms with van der Waals surface area (Å²) >= 11 is -2.42. The van der Waals surface area contributed by atoms with Crippen molar-refractivity contribution in [3.8, 4) is 11.5 Å². The molecule has 0 spiro atoms. The first-order valence-electron chi connectivity index (χ1n) is 15.2. The van der Waals surface area contributed by atoms with Crippen molar-refractivity contribution in [1.29, 1.82) is 0 Å². The summed E-state index contributed by atoms with van der Waals surface area (Å²) < 4.78 is 28.6. The molecule has 1 aromatic rings. The van der Waals surface area contributed by atoms with Gasteiger partial charge in [-0.1, -0.05) is 6.07 Å². The number of carbonyl (C=O) groups excluding carboxylic acids is 10. The van der Waals surface area contributed by atoms with Crippen molar-refractivity contribution < 1.29 is 101 Å². The number of carbonyl (C=O) groups is 10. The van der Waals surface area contributed by atoms with Gasteiger partial charge in [0, 0.05) is 57.2 Å². The third kappa shape index (κ3) is 8.46. The second kappa shape index (κ2) is 17.2. The molecule has 0 radical (unpaired) electrons. The molecule has 3 N–H and O–H groups in total. The van der Waals surface area contributed by atoms with Crippen molar-refractivity contribution in [2.45, 2.75) is 44.8 Å². The normalized spacial score (nSPS) is 21.2. The minimum atomic E-state index is -2.42. The number of fused-ring (bicyclic) bond motifs is 1. The fourth-order valence-electron chi connectivity index (χ4n) is 5.59. The number of carboxylic acids is 1. The molecule has 3 aliphatic heterocycles. The Morgan fingerprint density at radius 1 is 1.00 bits per heavy atom. The summed E-state index contributed by atoms with van der Waals surface area (Å²) in [6.45, 7) is 3.85. The first-order chi connectivity index (χ1) is 24.5. The van der Waals surface area contributed by atoms with Crippen molar-refractivity contribution in [2.75, 3.05) is 32.0 Å². The number of likely N-dealkylation sites (N-methyl/N-ethyl adjacent to an activating group) is 1. The van der Waals surface area contributed by atoms with Crippen molar-refractivity contribution >= 4 is 71.1 Å². The van der Waals surface area contributed by atoms with Gasteiger partial charge in [-0.15, -0.1) is 0 Å².